The Balaban J connectivity index is 2.52. The Kier molecular flexibility index (Phi) is 5.22. The molecule has 1 unspecified atom stereocenters. The molecule has 1 aromatic heterocycles. The van der Waals surface area contributed by atoms with E-state index < -0.39 is 0 Å². The molecule has 1 aromatic rings. The summed E-state index contributed by atoms with van der Waals surface area (Å²) in [6.07, 6.45) is 1.85. The number of hydrogen-bond acceptors (Lipinski definition) is 4. The zero-order valence-corrected chi connectivity index (χ0v) is 10.3. The average molecular weight is 223 g/mol. The molecule has 0 aliphatic rings. The lowest BCUT2D eigenvalue weighted by atomic mass is 10.2. The third-order valence-corrected chi connectivity index (χ3v) is 2.45. The van der Waals surface area contributed by atoms with E-state index in [0.717, 1.165) is 31.1 Å². The molecule has 1 heterocycles. The van der Waals surface area contributed by atoms with Crippen LogP contribution in [0.2, 0.25) is 0 Å². The van der Waals surface area contributed by atoms with Crippen LogP contribution >= 0.6 is 0 Å². The van der Waals surface area contributed by atoms with E-state index in [-0.39, 0.29) is 6.04 Å². The van der Waals surface area contributed by atoms with Crippen LogP contribution in [0.1, 0.15) is 25.6 Å². The maximum atomic E-state index is 5.74. The number of nitrogens with zero attached hydrogens (tertiary/aromatic N) is 2. The van der Waals surface area contributed by atoms with Crippen LogP contribution in [-0.2, 0) is 4.74 Å². The summed E-state index contributed by atoms with van der Waals surface area (Å²) in [5, 5.41) is 0. The molecular formula is C12H21N3O. The van der Waals surface area contributed by atoms with Gasteiger partial charge in [0.25, 0.3) is 0 Å². The van der Waals surface area contributed by atoms with Crippen molar-refractivity contribution in [2.24, 2.45) is 5.73 Å². The molecule has 4 nitrogen and oxygen atoms in total. The number of rotatable bonds is 6. The van der Waals surface area contributed by atoms with Crippen molar-refractivity contribution in [1.82, 2.24) is 4.98 Å². The van der Waals surface area contributed by atoms with Crippen LogP contribution in [0, 0.1) is 0 Å². The molecule has 0 saturated carbocycles. The van der Waals surface area contributed by atoms with E-state index in [0.29, 0.717) is 0 Å². The maximum Gasteiger partial charge on any atom is 0.0641 e. The smallest absolute Gasteiger partial charge is 0.0641 e. The van der Waals surface area contributed by atoms with Crippen molar-refractivity contribution in [3.8, 4) is 0 Å². The number of aromatic nitrogens is 1. The topological polar surface area (TPSA) is 51.4 Å². The molecule has 0 aliphatic heterocycles. The minimum absolute atomic E-state index is 0.0113. The fraction of sp³-hybridized carbons (Fsp3) is 0.583. The molecule has 2 N–H and O–H groups in total. The van der Waals surface area contributed by atoms with E-state index in [1.165, 1.54) is 0 Å². The van der Waals surface area contributed by atoms with Gasteiger partial charge in [-0.1, -0.05) is 0 Å². The van der Waals surface area contributed by atoms with E-state index in [2.05, 4.69) is 9.88 Å². The molecule has 0 spiro atoms. The Bertz CT molecular complexity index is 298. The Morgan fingerprint density at radius 1 is 1.50 bits per heavy atom. The van der Waals surface area contributed by atoms with E-state index in [1.54, 1.807) is 0 Å². The fourth-order valence-electron chi connectivity index (χ4n) is 1.37. The van der Waals surface area contributed by atoms with Gasteiger partial charge in [-0.3, -0.25) is 4.98 Å². The van der Waals surface area contributed by atoms with Gasteiger partial charge in [0.2, 0.25) is 0 Å². The number of likely N-dealkylation sites (N-methyl/N-ethyl adjacent to an activating group) is 1. The number of hydrogen-bond donors (Lipinski definition) is 1. The van der Waals surface area contributed by atoms with Crippen molar-refractivity contribution in [3.63, 3.8) is 0 Å². The fourth-order valence-corrected chi connectivity index (χ4v) is 1.37. The monoisotopic (exact) mass is 223 g/mol. The van der Waals surface area contributed by atoms with Crippen LogP contribution in [0.5, 0.6) is 0 Å². The van der Waals surface area contributed by atoms with Gasteiger partial charge in [-0.2, -0.15) is 0 Å². The molecule has 1 rings (SSSR count). The number of nitrogens with two attached hydrogens (primary N) is 1. The van der Waals surface area contributed by atoms with E-state index in [9.17, 15) is 0 Å². The van der Waals surface area contributed by atoms with Gasteiger partial charge in [0, 0.05) is 26.2 Å². The van der Waals surface area contributed by atoms with Crippen LogP contribution in [0.15, 0.2) is 18.3 Å². The van der Waals surface area contributed by atoms with Crippen molar-refractivity contribution in [3.05, 3.63) is 24.0 Å². The second-order valence-corrected chi connectivity index (χ2v) is 3.85. The lowest BCUT2D eigenvalue weighted by molar-refractivity contribution is 0.154. The first-order valence-corrected chi connectivity index (χ1v) is 5.65. The summed E-state index contributed by atoms with van der Waals surface area (Å²) in [5.74, 6) is 0. The summed E-state index contributed by atoms with van der Waals surface area (Å²) in [5.41, 5.74) is 7.75. The number of anilines is 1. The van der Waals surface area contributed by atoms with Gasteiger partial charge in [-0.25, -0.2) is 0 Å². The van der Waals surface area contributed by atoms with Gasteiger partial charge in [0.1, 0.15) is 0 Å². The highest BCUT2D eigenvalue weighted by Gasteiger charge is 2.03. The average Bonchev–Trinajstić information content (AvgIpc) is 2.29. The molecule has 0 radical (unpaired) electrons. The minimum atomic E-state index is -0.0113. The molecule has 0 fully saturated rings. The maximum absolute atomic E-state index is 5.74. The Hall–Kier alpha value is -1.13. The third-order valence-electron chi connectivity index (χ3n) is 2.45. The highest BCUT2D eigenvalue weighted by atomic mass is 16.5. The van der Waals surface area contributed by atoms with Crippen LogP contribution in [0.25, 0.3) is 0 Å². The SMILES string of the molecule is CCOCCN(C)c1ccc(C(C)N)nc1. The number of pyridine rings is 1. The van der Waals surface area contributed by atoms with Gasteiger partial charge < -0.3 is 15.4 Å². The van der Waals surface area contributed by atoms with Crippen molar-refractivity contribution in [2.75, 3.05) is 31.7 Å². The van der Waals surface area contributed by atoms with Crippen LogP contribution in [-0.4, -0.2) is 31.8 Å². The first kappa shape index (κ1) is 12.9. The Labute approximate surface area is 97.4 Å². The molecule has 0 amide bonds. The largest absolute Gasteiger partial charge is 0.380 e. The summed E-state index contributed by atoms with van der Waals surface area (Å²) in [7, 11) is 2.03. The molecule has 90 valence electrons. The zero-order valence-electron chi connectivity index (χ0n) is 10.3. The van der Waals surface area contributed by atoms with Gasteiger partial charge in [0.15, 0.2) is 0 Å². The second kappa shape index (κ2) is 6.45. The normalized spacial score (nSPS) is 12.5. The van der Waals surface area contributed by atoms with Crippen molar-refractivity contribution < 1.29 is 4.74 Å². The molecule has 1 atom stereocenters. The Morgan fingerprint density at radius 3 is 2.75 bits per heavy atom. The van der Waals surface area contributed by atoms with E-state index in [4.69, 9.17) is 10.5 Å². The van der Waals surface area contributed by atoms with E-state index >= 15 is 0 Å². The molecule has 0 bridgehead atoms. The highest BCUT2D eigenvalue weighted by Crippen LogP contribution is 2.13. The van der Waals surface area contributed by atoms with Crippen molar-refractivity contribution >= 4 is 5.69 Å². The standard InChI is InChI=1S/C12H21N3O/c1-4-16-8-7-15(3)11-5-6-12(10(2)13)14-9-11/h5-6,9-10H,4,7-8,13H2,1-3H3. The van der Waals surface area contributed by atoms with Crippen molar-refractivity contribution in [1.29, 1.82) is 0 Å². The summed E-state index contributed by atoms with van der Waals surface area (Å²) in [6, 6.07) is 4.00. The number of ether oxygens (including phenoxy) is 1. The lowest BCUT2D eigenvalue weighted by Gasteiger charge is -2.19. The Morgan fingerprint density at radius 2 is 2.25 bits per heavy atom. The molecule has 0 aromatic carbocycles. The van der Waals surface area contributed by atoms with E-state index in [1.807, 2.05) is 39.2 Å². The van der Waals surface area contributed by atoms with Crippen molar-refractivity contribution in [2.45, 2.75) is 19.9 Å². The summed E-state index contributed by atoms with van der Waals surface area (Å²) < 4.78 is 5.31. The predicted molar refractivity (Wildman–Crippen MR) is 66.6 cm³/mol. The lowest BCUT2D eigenvalue weighted by Crippen LogP contribution is -2.22. The minimum Gasteiger partial charge on any atom is -0.380 e. The van der Waals surface area contributed by atoms with Gasteiger partial charge in [-0.15, -0.1) is 0 Å². The van der Waals surface area contributed by atoms with Crippen LogP contribution in [0.3, 0.4) is 0 Å². The van der Waals surface area contributed by atoms with Gasteiger partial charge >= 0.3 is 0 Å². The highest BCUT2D eigenvalue weighted by molar-refractivity contribution is 5.43. The zero-order chi connectivity index (χ0) is 12.0. The summed E-state index contributed by atoms with van der Waals surface area (Å²) in [4.78, 5) is 6.44. The second-order valence-electron chi connectivity index (χ2n) is 3.85. The molecular weight excluding hydrogens is 202 g/mol. The first-order valence-electron chi connectivity index (χ1n) is 5.65. The summed E-state index contributed by atoms with van der Waals surface area (Å²) in [6.45, 7) is 6.30. The predicted octanol–water partition coefficient (Wildman–Crippen LogP) is 1.57. The molecule has 0 saturated heterocycles. The molecule has 4 heteroatoms. The van der Waals surface area contributed by atoms with Crippen LogP contribution in [0.4, 0.5) is 5.69 Å². The molecule has 16 heavy (non-hydrogen) atoms. The van der Waals surface area contributed by atoms with Crippen LogP contribution < -0.4 is 10.6 Å². The third kappa shape index (κ3) is 3.79. The summed E-state index contributed by atoms with van der Waals surface area (Å²) >= 11 is 0. The van der Waals surface area contributed by atoms with Gasteiger partial charge in [0.05, 0.1) is 24.2 Å². The van der Waals surface area contributed by atoms with Gasteiger partial charge in [-0.05, 0) is 26.0 Å². The first-order chi connectivity index (χ1) is 7.65. The quantitative estimate of drug-likeness (QED) is 0.744. The molecule has 0 aliphatic carbocycles.